The van der Waals surface area contributed by atoms with Gasteiger partial charge in [-0.3, -0.25) is 0 Å². The van der Waals surface area contributed by atoms with Crippen molar-refractivity contribution in [3.63, 3.8) is 0 Å². The van der Waals surface area contributed by atoms with Crippen LogP contribution in [0.5, 0.6) is 17.4 Å². The summed E-state index contributed by atoms with van der Waals surface area (Å²) in [6.45, 7) is 2.02. The molecule has 3 aromatic rings. The molecule has 2 N–H and O–H groups in total. The van der Waals surface area contributed by atoms with Crippen molar-refractivity contribution in [2.75, 3.05) is 18.2 Å². The van der Waals surface area contributed by atoms with Crippen LogP contribution in [0.15, 0.2) is 42.8 Å². The average molecular weight is 619 g/mol. The highest BCUT2D eigenvalue weighted by Crippen LogP contribution is 2.47. The molecule has 1 atom stereocenters. The number of phenolic OH excluding ortho intramolecular Hbond substituents is 1. The molecule has 2 heterocycles. The van der Waals surface area contributed by atoms with E-state index in [2.05, 4.69) is 68.3 Å². The van der Waals surface area contributed by atoms with Crippen LogP contribution in [0.1, 0.15) is 18.7 Å². The van der Waals surface area contributed by atoms with Gasteiger partial charge in [0.05, 0.1) is 11.6 Å². The molecule has 0 saturated heterocycles. The molecule has 1 aromatic heterocycles. The molecule has 30 heavy (non-hydrogen) atoms. The van der Waals surface area contributed by atoms with Crippen molar-refractivity contribution < 1.29 is 14.6 Å². The van der Waals surface area contributed by atoms with E-state index in [-0.39, 0.29) is 5.75 Å². The quantitative estimate of drug-likeness (QED) is 0.336. The maximum Gasteiger partial charge on any atom is 0.247 e. The van der Waals surface area contributed by atoms with E-state index in [4.69, 9.17) is 9.47 Å². The predicted octanol–water partition coefficient (Wildman–Crippen LogP) is 6.16. The minimum Gasteiger partial charge on any atom is -0.503 e. The monoisotopic (exact) mass is 616 g/mol. The Labute approximate surface area is 202 Å². The third kappa shape index (κ3) is 4.00. The number of aromatic hydroxyl groups is 1. The van der Waals surface area contributed by atoms with Gasteiger partial charge in [-0.1, -0.05) is 34.6 Å². The second kappa shape index (κ2) is 8.89. The molecule has 0 radical (unpaired) electrons. The first-order valence-corrected chi connectivity index (χ1v) is 12.1. The van der Waals surface area contributed by atoms with Gasteiger partial charge in [0.1, 0.15) is 0 Å². The van der Waals surface area contributed by atoms with E-state index in [0.717, 1.165) is 21.5 Å². The summed E-state index contributed by atoms with van der Waals surface area (Å²) in [4.78, 5) is 4.58. The summed E-state index contributed by atoms with van der Waals surface area (Å²) in [7, 11) is 1.49. The Morgan fingerprint density at radius 2 is 2.00 bits per heavy atom. The highest BCUT2D eigenvalue weighted by Gasteiger charge is 2.29. The number of aromatic nitrogens is 3. The number of anilines is 1. The van der Waals surface area contributed by atoms with E-state index in [1.165, 1.54) is 18.9 Å². The van der Waals surface area contributed by atoms with Gasteiger partial charge < -0.3 is 19.9 Å². The zero-order valence-electron chi connectivity index (χ0n) is 15.7. The number of hydrogen-bond donors (Lipinski definition) is 2. The van der Waals surface area contributed by atoms with E-state index < -0.39 is 6.23 Å². The molecule has 0 amide bonds. The summed E-state index contributed by atoms with van der Waals surface area (Å²) in [5.41, 5.74) is 2.88. The maximum absolute atomic E-state index is 10.3. The lowest BCUT2D eigenvalue weighted by Gasteiger charge is -2.22. The molecule has 1 aliphatic rings. The van der Waals surface area contributed by atoms with Gasteiger partial charge in [-0.2, -0.15) is 4.98 Å². The molecule has 156 valence electrons. The largest absolute Gasteiger partial charge is 0.503 e. The lowest BCUT2D eigenvalue weighted by atomic mass is 10.1. The molecule has 0 unspecified atom stereocenters. The van der Waals surface area contributed by atoms with Crippen LogP contribution in [0.4, 0.5) is 5.69 Å². The Morgan fingerprint density at radius 3 is 2.73 bits per heavy atom. The Hall–Kier alpha value is -1.56. The van der Waals surface area contributed by atoms with Crippen LogP contribution >= 0.6 is 59.6 Å². The van der Waals surface area contributed by atoms with Crippen LogP contribution in [-0.4, -0.2) is 33.2 Å². The number of benzene rings is 2. The van der Waals surface area contributed by atoms with Gasteiger partial charge in [-0.15, -0.1) is 10.2 Å². The third-order valence-electron chi connectivity index (χ3n) is 4.34. The van der Waals surface area contributed by atoms with Crippen molar-refractivity contribution >= 4 is 65.2 Å². The second-order valence-corrected chi connectivity index (χ2v) is 9.89. The number of methoxy groups -OCH3 is 1. The topological polar surface area (TPSA) is 89.4 Å². The van der Waals surface area contributed by atoms with Crippen LogP contribution in [0.2, 0.25) is 0 Å². The highest BCUT2D eigenvalue weighted by molar-refractivity contribution is 9.13. The number of fused-ring (bicyclic) bond motifs is 3. The number of halogens is 3. The van der Waals surface area contributed by atoms with Gasteiger partial charge in [-0.25, -0.2) is 0 Å². The van der Waals surface area contributed by atoms with Crippen LogP contribution in [0, 0.1) is 0 Å². The minimum atomic E-state index is -0.637. The Morgan fingerprint density at radius 1 is 1.20 bits per heavy atom. The fraction of sp³-hybridized carbons (Fsp3) is 0.211. The van der Waals surface area contributed by atoms with Crippen molar-refractivity contribution in [3.05, 3.63) is 43.2 Å². The molecule has 7 nitrogen and oxygen atoms in total. The fourth-order valence-electron chi connectivity index (χ4n) is 2.96. The van der Waals surface area contributed by atoms with Gasteiger partial charge in [0, 0.05) is 25.8 Å². The van der Waals surface area contributed by atoms with Gasteiger partial charge in [0.2, 0.25) is 11.0 Å². The molecular formula is C19H15Br3N4O3S. The summed E-state index contributed by atoms with van der Waals surface area (Å²) in [5.74, 6) is 1.49. The van der Waals surface area contributed by atoms with Crippen LogP contribution < -0.4 is 14.8 Å². The first-order valence-electron chi connectivity index (χ1n) is 8.78. The minimum absolute atomic E-state index is 0.00268. The lowest BCUT2D eigenvalue weighted by molar-refractivity contribution is 0.223. The van der Waals surface area contributed by atoms with Crippen LogP contribution in [-0.2, 0) is 0 Å². The van der Waals surface area contributed by atoms with E-state index in [9.17, 15) is 5.11 Å². The van der Waals surface area contributed by atoms with Gasteiger partial charge in [0.15, 0.2) is 23.4 Å². The Kier molecular flexibility index (Phi) is 6.42. The number of thioether (sulfide) groups is 1. The van der Waals surface area contributed by atoms with Gasteiger partial charge in [0.25, 0.3) is 0 Å². The molecule has 0 aliphatic carbocycles. The van der Waals surface area contributed by atoms with Crippen molar-refractivity contribution in [2.24, 2.45) is 0 Å². The third-order valence-corrected chi connectivity index (χ3v) is 7.71. The van der Waals surface area contributed by atoms with Gasteiger partial charge >= 0.3 is 0 Å². The summed E-state index contributed by atoms with van der Waals surface area (Å²) in [6, 6.07) is 7.51. The zero-order chi connectivity index (χ0) is 21.4. The smallest absolute Gasteiger partial charge is 0.247 e. The molecule has 0 fully saturated rings. The van der Waals surface area contributed by atoms with Crippen molar-refractivity contribution in [3.8, 4) is 28.6 Å². The zero-order valence-corrected chi connectivity index (χ0v) is 21.3. The van der Waals surface area contributed by atoms with E-state index in [0.29, 0.717) is 37.0 Å². The molecule has 0 saturated carbocycles. The van der Waals surface area contributed by atoms with Gasteiger partial charge in [-0.05, 0) is 61.9 Å². The molecule has 0 spiro atoms. The first-order chi connectivity index (χ1) is 14.4. The average Bonchev–Trinajstić information content (AvgIpc) is 2.89. The van der Waals surface area contributed by atoms with Crippen LogP contribution in [0.3, 0.4) is 0 Å². The maximum atomic E-state index is 10.3. The second-order valence-electron chi connectivity index (χ2n) is 6.16. The predicted molar refractivity (Wildman–Crippen MR) is 126 cm³/mol. The number of rotatable bonds is 4. The number of nitrogens with one attached hydrogen (secondary N) is 1. The summed E-state index contributed by atoms with van der Waals surface area (Å²) in [6.07, 6.45) is -0.637. The fourth-order valence-corrected chi connectivity index (χ4v) is 4.76. The number of hydrogen-bond acceptors (Lipinski definition) is 8. The molecular weight excluding hydrogens is 604 g/mol. The molecule has 4 rings (SSSR count). The first kappa shape index (κ1) is 21.7. The van der Waals surface area contributed by atoms with E-state index >= 15 is 0 Å². The number of nitrogens with zero attached hydrogens (tertiary/aromatic N) is 3. The molecule has 0 bridgehead atoms. The molecule has 1 aliphatic heterocycles. The number of phenols is 1. The summed E-state index contributed by atoms with van der Waals surface area (Å²) < 4.78 is 13.6. The SMILES string of the molecule is CCSc1nnc2c(n1)O[C@H](c1cc(OC)c(O)c(Br)c1Br)Nc1ccc(Br)cc1-2. The highest BCUT2D eigenvalue weighted by atomic mass is 79.9. The standard InChI is InChI=1S/C19H15Br3N4O3S/c1-3-30-19-24-18-15(25-26-19)9-6-8(20)4-5-11(9)23-17(29-18)10-7-12(28-2)16(27)14(22)13(10)21/h4-7,17,23,27H,3H2,1-2H3/t17-/m1/s1. The summed E-state index contributed by atoms with van der Waals surface area (Å²) in [5, 5.41) is 22.9. The summed E-state index contributed by atoms with van der Waals surface area (Å²) >= 11 is 12.0. The normalized spacial score (nSPS) is 14.8. The lowest BCUT2D eigenvalue weighted by Crippen LogP contribution is -2.18. The molecule has 2 aromatic carbocycles. The molecule has 11 heteroatoms. The Bertz CT molecular complexity index is 1130. The van der Waals surface area contributed by atoms with Crippen molar-refractivity contribution in [1.29, 1.82) is 0 Å². The Balaban J connectivity index is 1.90. The van der Waals surface area contributed by atoms with Crippen molar-refractivity contribution in [2.45, 2.75) is 18.3 Å². The van der Waals surface area contributed by atoms with Crippen LogP contribution in [0.25, 0.3) is 11.3 Å². The van der Waals surface area contributed by atoms with Crippen molar-refractivity contribution in [1.82, 2.24) is 15.2 Å². The van der Waals surface area contributed by atoms with E-state index in [1.54, 1.807) is 6.07 Å². The number of ether oxygens (including phenoxy) is 2. The van der Waals surface area contributed by atoms with E-state index in [1.807, 2.05) is 25.1 Å².